The van der Waals surface area contributed by atoms with E-state index in [0.29, 0.717) is 17.5 Å². The Hall–Kier alpha value is -2.11. The molecule has 1 fully saturated rings. The fraction of sp³-hybridized carbons (Fsp3) is 0.588. The number of aromatic nitrogens is 4. The molecule has 0 aromatic carbocycles. The van der Waals surface area contributed by atoms with Crippen LogP contribution in [0.1, 0.15) is 60.4 Å². The van der Waals surface area contributed by atoms with Crippen LogP contribution in [0.5, 0.6) is 0 Å². The van der Waals surface area contributed by atoms with Gasteiger partial charge < -0.3 is 4.90 Å². The van der Waals surface area contributed by atoms with Crippen molar-refractivity contribution in [3.05, 3.63) is 35.4 Å². The fourth-order valence-corrected chi connectivity index (χ4v) is 3.45. The first-order chi connectivity index (χ1) is 11.0. The Morgan fingerprint density at radius 2 is 1.91 bits per heavy atom. The van der Waals surface area contributed by atoms with Gasteiger partial charge in [-0.15, -0.1) is 0 Å². The molecule has 1 aliphatic rings. The van der Waals surface area contributed by atoms with E-state index in [-0.39, 0.29) is 5.91 Å². The number of aryl methyl sites for hydroxylation is 2. The van der Waals surface area contributed by atoms with Crippen molar-refractivity contribution in [2.75, 3.05) is 13.1 Å². The van der Waals surface area contributed by atoms with Gasteiger partial charge in [0.2, 0.25) is 0 Å². The highest BCUT2D eigenvalue weighted by atomic mass is 16.2. The molecule has 6 heteroatoms. The summed E-state index contributed by atoms with van der Waals surface area (Å²) in [5.41, 5.74) is 2.92. The van der Waals surface area contributed by atoms with Crippen LogP contribution in [0, 0.1) is 0 Å². The Morgan fingerprint density at radius 3 is 2.43 bits per heavy atom. The molecule has 3 rings (SSSR count). The zero-order valence-corrected chi connectivity index (χ0v) is 14.4. The van der Waals surface area contributed by atoms with E-state index in [2.05, 4.69) is 30.1 Å². The molecule has 0 N–H and O–H groups in total. The summed E-state index contributed by atoms with van der Waals surface area (Å²) in [5.74, 6) is 0.905. The highest BCUT2D eigenvalue weighted by Gasteiger charge is 2.27. The third-order valence-corrected chi connectivity index (χ3v) is 4.79. The number of carbonyl (C=O) groups is 1. The Kier molecular flexibility index (Phi) is 4.24. The first kappa shape index (κ1) is 15.8. The molecular weight excluding hydrogens is 290 g/mol. The molecule has 1 aliphatic heterocycles. The summed E-state index contributed by atoms with van der Waals surface area (Å²) in [6.07, 6.45) is 3.80. The fourth-order valence-electron chi connectivity index (χ4n) is 3.45. The summed E-state index contributed by atoms with van der Waals surface area (Å²) in [5, 5.41) is 8.65. The van der Waals surface area contributed by atoms with Crippen molar-refractivity contribution in [2.45, 2.75) is 38.5 Å². The van der Waals surface area contributed by atoms with Crippen molar-refractivity contribution in [2.24, 2.45) is 14.1 Å². The lowest BCUT2D eigenvalue weighted by Gasteiger charge is -2.31. The smallest absolute Gasteiger partial charge is 0.274 e. The van der Waals surface area contributed by atoms with E-state index in [4.69, 9.17) is 0 Å². The molecular formula is C17H25N5O. The molecule has 0 saturated carbocycles. The minimum Gasteiger partial charge on any atom is -0.337 e. The van der Waals surface area contributed by atoms with Crippen molar-refractivity contribution >= 4 is 5.91 Å². The van der Waals surface area contributed by atoms with Gasteiger partial charge in [0.15, 0.2) is 5.69 Å². The number of piperidine rings is 1. The predicted octanol–water partition coefficient (Wildman–Crippen LogP) is 2.30. The number of hydrogen-bond acceptors (Lipinski definition) is 3. The predicted molar refractivity (Wildman–Crippen MR) is 88.4 cm³/mol. The van der Waals surface area contributed by atoms with Crippen LogP contribution in [-0.4, -0.2) is 43.5 Å². The Labute approximate surface area is 137 Å². The van der Waals surface area contributed by atoms with Crippen LogP contribution in [0.4, 0.5) is 0 Å². The molecule has 2 aromatic rings. The number of rotatable bonds is 3. The average molecular weight is 315 g/mol. The molecule has 124 valence electrons. The Morgan fingerprint density at radius 1 is 1.22 bits per heavy atom. The highest BCUT2D eigenvalue weighted by Crippen LogP contribution is 2.28. The van der Waals surface area contributed by atoms with Gasteiger partial charge in [0.25, 0.3) is 5.91 Å². The topological polar surface area (TPSA) is 56.0 Å². The van der Waals surface area contributed by atoms with E-state index in [9.17, 15) is 4.79 Å². The zero-order valence-electron chi connectivity index (χ0n) is 14.4. The number of nitrogens with zero attached hydrogens (tertiary/aromatic N) is 5. The van der Waals surface area contributed by atoms with Gasteiger partial charge >= 0.3 is 0 Å². The van der Waals surface area contributed by atoms with E-state index in [1.54, 1.807) is 0 Å². The molecule has 0 bridgehead atoms. The van der Waals surface area contributed by atoms with Gasteiger partial charge in [-0.25, -0.2) is 0 Å². The van der Waals surface area contributed by atoms with Crippen molar-refractivity contribution in [3.63, 3.8) is 0 Å². The molecule has 0 spiro atoms. The lowest BCUT2D eigenvalue weighted by atomic mass is 9.93. The zero-order chi connectivity index (χ0) is 16.6. The number of hydrogen-bond donors (Lipinski definition) is 0. The molecule has 23 heavy (non-hydrogen) atoms. The van der Waals surface area contributed by atoms with Crippen molar-refractivity contribution in [1.82, 2.24) is 24.5 Å². The maximum Gasteiger partial charge on any atom is 0.274 e. The highest BCUT2D eigenvalue weighted by molar-refractivity contribution is 5.92. The average Bonchev–Trinajstić information content (AvgIpc) is 3.12. The standard InChI is InChI=1S/C17H25N5O/c1-12(2)16-11-14(19-21(16)4)17(23)22-9-6-13(7-10-22)15-5-8-18-20(15)3/h5,8,11-13H,6-7,9-10H2,1-4H3. The molecule has 0 atom stereocenters. The summed E-state index contributed by atoms with van der Waals surface area (Å²) >= 11 is 0. The molecule has 6 nitrogen and oxygen atoms in total. The number of carbonyl (C=O) groups excluding carboxylic acids is 1. The summed E-state index contributed by atoms with van der Waals surface area (Å²) in [7, 11) is 3.88. The molecule has 1 amide bonds. The van der Waals surface area contributed by atoms with Gasteiger partial charge in [0, 0.05) is 50.7 Å². The molecule has 0 radical (unpaired) electrons. The van der Waals surface area contributed by atoms with Crippen LogP contribution in [0.25, 0.3) is 0 Å². The number of likely N-dealkylation sites (tertiary alicyclic amines) is 1. The van der Waals surface area contributed by atoms with Gasteiger partial charge in [0.05, 0.1) is 0 Å². The first-order valence-corrected chi connectivity index (χ1v) is 8.28. The van der Waals surface area contributed by atoms with E-state index in [1.807, 2.05) is 40.6 Å². The molecule has 1 saturated heterocycles. The molecule has 2 aromatic heterocycles. The van der Waals surface area contributed by atoms with Crippen LogP contribution < -0.4 is 0 Å². The van der Waals surface area contributed by atoms with E-state index < -0.39 is 0 Å². The quantitative estimate of drug-likeness (QED) is 0.873. The number of amides is 1. The lowest BCUT2D eigenvalue weighted by Crippen LogP contribution is -2.38. The van der Waals surface area contributed by atoms with Crippen LogP contribution in [0.2, 0.25) is 0 Å². The summed E-state index contributed by atoms with van der Waals surface area (Å²) in [6, 6.07) is 4.01. The van der Waals surface area contributed by atoms with Crippen LogP contribution in [0.3, 0.4) is 0 Å². The monoisotopic (exact) mass is 315 g/mol. The van der Waals surface area contributed by atoms with Gasteiger partial charge in [-0.05, 0) is 30.9 Å². The summed E-state index contributed by atoms with van der Waals surface area (Å²) < 4.78 is 3.76. The maximum atomic E-state index is 12.7. The third-order valence-electron chi connectivity index (χ3n) is 4.79. The third kappa shape index (κ3) is 3.02. The SMILES string of the molecule is CC(C)c1cc(C(=O)N2CCC(c3ccnn3C)CC2)nn1C. The van der Waals surface area contributed by atoms with Crippen molar-refractivity contribution in [1.29, 1.82) is 0 Å². The Bertz CT molecular complexity index is 692. The minimum atomic E-state index is 0.0518. The Balaban J connectivity index is 1.66. The normalized spacial score (nSPS) is 16.3. The molecule has 0 aliphatic carbocycles. The first-order valence-electron chi connectivity index (χ1n) is 8.28. The second-order valence-electron chi connectivity index (χ2n) is 6.68. The second-order valence-corrected chi connectivity index (χ2v) is 6.68. The maximum absolute atomic E-state index is 12.7. The summed E-state index contributed by atoms with van der Waals surface area (Å²) in [6.45, 7) is 5.79. The van der Waals surface area contributed by atoms with Crippen LogP contribution in [0.15, 0.2) is 18.3 Å². The molecule has 3 heterocycles. The van der Waals surface area contributed by atoms with Crippen molar-refractivity contribution < 1.29 is 4.79 Å². The molecule has 0 unspecified atom stereocenters. The van der Waals surface area contributed by atoms with E-state index >= 15 is 0 Å². The minimum absolute atomic E-state index is 0.0518. The van der Waals surface area contributed by atoms with Crippen molar-refractivity contribution in [3.8, 4) is 0 Å². The van der Waals surface area contributed by atoms with E-state index in [0.717, 1.165) is 31.6 Å². The summed E-state index contributed by atoms with van der Waals surface area (Å²) in [4.78, 5) is 14.6. The van der Waals surface area contributed by atoms with Crippen LogP contribution in [-0.2, 0) is 14.1 Å². The largest absolute Gasteiger partial charge is 0.337 e. The van der Waals surface area contributed by atoms with E-state index in [1.165, 1.54) is 5.69 Å². The van der Waals surface area contributed by atoms with Gasteiger partial charge in [-0.2, -0.15) is 10.2 Å². The second kappa shape index (κ2) is 6.18. The van der Waals surface area contributed by atoms with Crippen LogP contribution >= 0.6 is 0 Å². The van der Waals surface area contributed by atoms with Gasteiger partial charge in [-0.3, -0.25) is 14.2 Å². The van der Waals surface area contributed by atoms with Gasteiger partial charge in [-0.1, -0.05) is 13.8 Å². The van der Waals surface area contributed by atoms with Gasteiger partial charge in [0.1, 0.15) is 0 Å². The lowest BCUT2D eigenvalue weighted by molar-refractivity contribution is 0.0704.